The molecular weight excluding hydrogens is 257 g/mol. The number of allylic oxidation sites excluding steroid dienone is 1. The van der Waals surface area contributed by atoms with Crippen molar-refractivity contribution < 1.29 is 9.18 Å². The zero-order chi connectivity index (χ0) is 12.8. The Morgan fingerprint density at radius 3 is 2.18 bits per heavy atom. The molecule has 0 atom stereocenters. The Morgan fingerprint density at radius 2 is 1.76 bits per heavy atom. The van der Waals surface area contributed by atoms with Crippen molar-refractivity contribution in [1.82, 2.24) is 0 Å². The normalized spacial score (nSPS) is 9.53. The molecule has 0 aliphatic rings. The fourth-order valence-corrected chi connectivity index (χ4v) is 2.57. The molecule has 0 aromatic heterocycles. The molecule has 0 fully saturated rings. The van der Waals surface area contributed by atoms with Crippen molar-refractivity contribution >= 4 is 29.3 Å². The molecule has 0 amide bonds. The summed E-state index contributed by atoms with van der Waals surface area (Å²) in [6.45, 7) is 0. The van der Waals surface area contributed by atoms with Gasteiger partial charge in [-0.05, 0) is 36.8 Å². The molecule has 88 valence electrons. The van der Waals surface area contributed by atoms with Crippen molar-refractivity contribution in [2.24, 2.45) is 0 Å². The molecule has 0 bridgehead atoms. The van der Waals surface area contributed by atoms with Gasteiger partial charge in [-0.3, -0.25) is 4.79 Å². The summed E-state index contributed by atoms with van der Waals surface area (Å²) in [4.78, 5) is 12.0. The standard InChI is InChI=1S/C12H10FNOS2/c1-16-12(17-2)10(7-14)11(15)8-3-5-9(13)6-4-8/h3-6H,1-2H3. The van der Waals surface area contributed by atoms with Crippen LogP contribution in [0.1, 0.15) is 10.4 Å². The molecule has 1 aromatic carbocycles. The van der Waals surface area contributed by atoms with E-state index >= 15 is 0 Å². The quantitative estimate of drug-likeness (QED) is 0.476. The maximum atomic E-state index is 12.7. The molecule has 0 spiro atoms. The van der Waals surface area contributed by atoms with Gasteiger partial charge in [0.25, 0.3) is 0 Å². The van der Waals surface area contributed by atoms with Crippen molar-refractivity contribution in [2.75, 3.05) is 12.5 Å². The molecule has 0 unspecified atom stereocenters. The second-order valence-corrected chi connectivity index (χ2v) is 4.91. The average Bonchev–Trinajstić information content (AvgIpc) is 2.36. The molecule has 0 N–H and O–H groups in total. The number of nitrogens with zero attached hydrogens (tertiary/aromatic N) is 1. The summed E-state index contributed by atoms with van der Waals surface area (Å²) >= 11 is 2.71. The third-order valence-electron chi connectivity index (χ3n) is 2.02. The first-order chi connectivity index (χ1) is 8.13. The molecule has 0 saturated heterocycles. The molecule has 0 radical (unpaired) electrons. The summed E-state index contributed by atoms with van der Waals surface area (Å²) < 4.78 is 13.4. The molecule has 0 saturated carbocycles. The van der Waals surface area contributed by atoms with Crippen molar-refractivity contribution in [2.45, 2.75) is 0 Å². The summed E-state index contributed by atoms with van der Waals surface area (Å²) in [5.74, 6) is -0.773. The lowest BCUT2D eigenvalue weighted by Gasteiger charge is -2.04. The number of benzene rings is 1. The Kier molecular flexibility index (Phi) is 5.26. The fraction of sp³-hybridized carbons (Fsp3) is 0.167. The van der Waals surface area contributed by atoms with Gasteiger partial charge >= 0.3 is 0 Å². The smallest absolute Gasteiger partial charge is 0.205 e. The van der Waals surface area contributed by atoms with Crippen molar-refractivity contribution in [3.8, 4) is 6.07 Å². The van der Waals surface area contributed by atoms with Gasteiger partial charge in [0.1, 0.15) is 17.5 Å². The van der Waals surface area contributed by atoms with Crippen LogP contribution in [0.25, 0.3) is 0 Å². The van der Waals surface area contributed by atoms with Gasteiger partial charge in [0, 0.05) is 5.56 Å². The zero-order valence-corrected chi connectivity index (χ0v) is 11.0. The topological polar surface area (TPSA) is 40.9 Å². The lowest BCUT2D eigenvalue weighted by Crippen LogP contribution is -2.03. The Morgan fingerprint density at radius 1 is 1.24 bits per heavy atom. The van der Waals surface area contributed by atoms with E-state index in [2.05, 4.69) is 0 Å². The second kappa shape index (κ2) is 6.48. The third-order valence-corrected chi connectivity index (χ3v) is 4.17. The lowest BCUT2D eigenvalue weighted by atomic mass is 10.1. The van der Waals surface area contributed by atoms with Crippen LogP contribution in [-0.2, 0) is 0 Å². The number of Topliss-reactive ketones (excluding diaryl/α,β-unsaturated/α-hetero) is 1. The van der Waals surface area contributed by atoms with E-state index in [1.54, 1.807) is 12.5 Å². The number of carbonyl (C=O) groups excluding carboxylic acids is 1. The van der Waals surface area contributed by atoms with Crippen LogP contribution >= 0.6 is 23.5 Å². The summed E-state index contributed by atoms with van der Waals surface area (Å²) in [6.07, 6.45) is 3.61. The largest absolute Gasteiger partial charge is 0.288 e. The maximum Gasteiger partial charge on any atom is 0.205 e. The molecule has 0 aliphatic heterocycles. The molecule has 5 heteroatoms. The Balaban J connectivity index is 3.16. The predicted molar refractivity (Wildman–Crippen MR) is 70.4 cm³/mol. The van der Waals surface area contributed by atoms with E-state index in [4.69, 9.17) is 5.26 Å². The van der Waals surface area contributed by atoms with Crippen LogP contribution in [0, 0.1) is 17.1 Å². The van der Waals surface area contributed by atoms with Crippen LogP contribution in [-0.4, -0.2) is 18.3 Å². The number of thioether (sulfide) groups is 2. The Labute approximate surface area is 108 Å². The van der Waals surface area contributed by atoms with Crippen LogP contribution in [0.5, 0.6) is 0 Å². The van der Waals surface area contributed by atoms with Gasteiger partial charge in [-0.25, -0.2) is 4.39 Å². The predicted octanol–water partition coefficient (Wildman–Crippen LogP) is 3.47. The van der Waals surface area contributed by atoms with Crippen LogP contribution in [0.4, 0.5) is 4.39 Å². The van der Waals surface area contributed by atoms with Crippen LogP contribution < -0.4 is 0 Å². The first-order valence-electron chi connectivity index (χ1n) is 4.66. The monoisotopic (exact) mass is 267 g/mol. The molecule has 2 nitrogen and oxygen atoms in total. The second-order valence-electron chi connectivity index (χ2n) is 3.02. The first-order valence-corrected chi connectivity index (χ1v) is 7.11. The molecule has 1 rings (SSSR count). The number of ketones is 1. The number of hydrogen-bond acceptors (Lipinski definition) is 4. The van der Waals surface area contributed by atoms with Crippen LogP contribution in [0.15, 0.2) is 34.1 Å². The van der Waals surface area contributed by atoms with Crippen molar-refractivity contribution in [3.05, 3.63) is 45.5 Å². The third kappa shape index (κ3) is 3.35. The summed E-state index contributed by atoms with van der Waals surface area (Å²) in [6, 6.07) is 7.09. The Hall–Kier alpha value is -1.25. The number of carbonyl (C=O) groups is 1. The van der Waals surface area contributed by atoms with Gasteiger partial charge in [0.05, 0.1) is 4.24 Å². The van der Waals surface area contributed by atoms with E-state index in [-0.39, 0.29) is 11.4 Å². The zero-order valence-electron chi connectivity index (χ0n) is 9.36. The number of hydrogen-bond donors (Lipinski definition) is 0. The molecular formula is C12H10FNOS2. The minimum absolute atomic E-state index is 0.108. The molecule has 0 heterocycles. The minimum atomic E-state index is -0.404. The number of halogens is 1. The van der Waals surface area contributed by atoms with Gasteiger partial charge in [0.15, 0.2) is 0 Å². The lowest BCUT2D eigenvalue weighted by molar-refractivity contribution is 0.103. The van der Waals surface area contributed by atoms with Crippen molar-refractivity contribution in [3.63, 3.8) is 0 Å². The highest BCUT2D eigenvalue weighted by atomic mass is 32.2. The summed E-state index contributed by atoms with van der Waals surface area (Å²) in [5.41, 5.74) is 0.431. The van der Waals surface area contributed by atoms with Gasteiger partial charge in [-0.1, -0.05) is 0 Å². The van der Waals surface area contributed by atoms with Gasteiger partial charge in [-0.15, -0.1) is 23.5 Å². The highest BCUT2D eigenvalue weighted by Gasteiger charge is 2.16. The van der Waals surface area contributed by atoms with Crippen LogP contribution in [0.2, 0.25) is 0 Å². The number of rotatable bonds is 4. The minimum Gasteiger partial charge on any atom is -0.288 e. The molecule has 17 heavy (non-hydrogen) atoms. The van der Waals surface area contributed by atoms with E-state index in [9.17, 15) is 9.18 Å². The first kappa shape index (κ1) is 13.8. The van der Waals surface area contributed by atoms with E-state index in [1.807, 2.05) is 6.07 Å². The highest BCUT2D eigenvalue weighted by molar-refractivity contribution is 8.21. The van der Waals surface area contributed by atoms with E-state index in [0.29, 0.717) is 9.80 Å². The van der Waals surface area contributed by atoms with Gasteiger partial charge in [-0.2, -0.15) is 5.26 Å². The highest BCUT2D eigenvalue weighted by Crippen LogP contribution is 2.28. The molecule has 0 aliphatic carbocycles. The molecule has 1 aromatic rings. The SMILES string of the molecule is CSC(SC)=C(C#N)C(=O)c1ccc(F)cc1. The van der Waals surface area contributed by atoms with Gasteiger partial charge < -0.3 is 0 Å². The van der Waals surface area contributed by atoms with E-state index < -0.39 is 5.82 Å². The summed E-state index contributed by atoms with van der Waals surface area (Å²) in [5, 5.41) is 9.02. The summed E-state index contributed by atoms with van der Waals surface area (Å²) in [7, 11) is 0. The van der Waals surface area contributed by atoms with Crippen molar-refractivity contribution in [1.29, 1.82) is 5.26 Å². The van der Waals surface area contributed by atoms with E-state index in [0.717, 1.165) is 0 Å². The number of nitriles is 1. The Bertz CT molecular complexity index is 482. The van der Waals surface area contributed by atoms with E-state index in [1.165, 1.54) is 47.8 Å². The van der Waals surface area contributed by atoms with Gasteiger partial charge in [0.2, 0.25) is 5.78 Å². The fourth-order valence-electron chi connectivity index (χ4n) is 1.22. The average molecular weight is 267 g/mol. The maximum absolute atomic E-state index is 12.7. The van der Waals surface area contributed by atoms with Crippen LogP contribution in [0.3, 0.4) is 0 Å².